The van der Waals surface area contributed by atoms with Gasteiger partial charge in [-0.1, -0.05) is 11.6 Å². The third-order valence-corrected chi connectivity index (χ3v) is 3.68. The van der Waals surface area contributed by atoms with Crippen molar-refractivity contribution >= 4 is 40.0 Å². The number of hydrogen-bond acceptors (Lipinski definition) is 4. The maximum Gasteiger partial charge on any atom is 0.284 e. The molecular weight excluding hydrogens is 320 g/mol. The highest BCUT2D eigenvalue weighted by Gasteiger charge is 2.20. The molecule has 3 rings (SSSR count). The standard InChI is InChI=1S/C14H13ClN6O2/c1-8(19(2)3)17-14(22)10-7-16-20-12-6-9(15)4-5-11(12)21(23)18-13(10)20/h4-7H,1-3H3. The fourth-order valence-corrected chi connectivity index (χ4v) is 2.21. The van der Waals surface area contributed by atoms with Crippen molar-refractivity contribution < 1.29 is 9.64 Å². The number of hydrogen-bond donors (Lipinski definition) is 0. The van der Waals surface area contributed by atoms with E-state index in [1.165, 1.54) is 10.7 Å². The number of nitrogens with zero attached hydrogens (tertiary/aromatic N) is 6. The van der Waals surface area contributed by atoms with Crippen molar-refractivity contribution in [3.8, 4) is 0 Å². The number of carbonyl (C=O) groups is 1. The third kappa shape index (κ3) is 2.57. The van der Waals surface area contributed by atoms with Gasteiger partial charge in [-0.05, 0) is 23.9 Å². The van der Waals surface area contributed by atoms with E-state index in [2.05, 4.69) is 15.2 Å². The minimum Gasteiger partial charge on any atom is -0.594 e. The lowest BCUT2D eigenvalue weighted by Crippen LogP contribution is -2.33. The number of aliphatic imine (C=N–C) groups is 1. The lowest BCUT2D eigenvalue weighted by atomic mass is 10.3. The number of halogens is 1. The predicted octanol–water partition coefficient (Wildman–Crippen LogP) is 1.29. The van der Waals surface area contributed by atoms with Crippen molar-refractivity contribution in [3.05, 3.63) is 40.2 Å². The Hall–Kier alpha value is -2.74. The molecule has 23 heavy (non-hydrogen) atoms. The smallest absolute Gasteiger partial charge is 0.284 e. The van der Waals surface area contributed by atoms with Crippen LogP contribution in [0, 0.1) is 5.21 Å². The Labute approximate surface area is 136 Å². The zero-order valence-electron chi connectivity index (χ0n) is 12.7. The van der Waals surface area contributed by atoms with E-state index >= 15 is 0 Å². The van der Waals surface area contributed by atoms with Crippen LogP contribution in [0.1, 0.15) is 17.3 Å². The average Bonchev–Trinajstić information content (AvgIpc) is 2.90. The quantitative estimate of drug-likeness (QED) is 0.290. The van der Waals surface area contributed by atoms with Crippen molar-refractivity contribution in [2.75, 3.05) is 14.1 Å². The molecule has 9 heteroatoms. The Morgan fingerprint density at radius 1 is 1.43 bits per heavy atom. The maximum atomic E-state index is 12.3. The van der Waals surface area contributed by atoms with Crippen LogP contribution in [0.15, 0.2) is 29.4 Å². The van der Waals surface area contributed by atoms with Gasteiger partial charge in [-0.25, -0.2) is 4.52 Å². The number of fused-ring (bicyclic) bond motifs is 3. The Kier molecular flexibility index (Phi) is 3.61. The van der Waals surface area contributed by atoms with Crippen LogP contribution in [-0.2, 0) is 0 Å². The van der Waals surface area contributed by atoms with E-state index < -0.39 is 5.91 Å². The van der Waals surface area contributed by atoms with E-state index in [1.807, 2.05) is 0 Å². The van der Waals surface area contributed by atoms with Crippen molar-refractivity contribution in [3.63, 3.8) is 0 Å². The van der Waals surface area contributed by atoms with Gasteiger partial charge in [0.15, 0.2) is 0 Å². The Balaban J connectivity index is 2.24. The summed E-state index contributed by atoms with van der Waals surface area (Å²) in [5.41, 5.74) is 1.05. The molecule has 2 heterocycles. The van der Waals surface area contributed by atoms with Crippen LogP contribution in [0.2, 0.25) is 5.02 Å². The molecule has 1 aromatic carbocycles. The van der Waals surface area contributed by atoms with Gasteiger partial charge in [0.05, 0.1) is 6.20 Å². The second-order valence-electron chi connectivity index (χ2n) is 5.16. The summed E-state index contributed by atoms with van der Waals surface area (Å²) in [6, 6.07) is 4.73. The molecule has 0 saturated heterocycles. The first-order valence-corrected chi connectivity index (χ1v) is 7.10. The zero-order valence-corrected chi connectivity index (χ0v) is 13.4. The first-order chi connectivity index (χ1) is 10.9. The summed E-state index contributed by atoms with van der Waals surface area (Å²) in [6.07, 6.45) is 1.34. The van der Waals surface area contributed by atoms with Gasteiger partial charge in [0.25, 0.3) is 11.4 Å². The van der Waals surface area contributed by atoms with Crippen molar-refractivity contribution in [1.82, 2.24) is 19.6 Å². The number of aromatic nitrogens is 4. The highest BCUT2D eigenvalue weighted by molar-refractivity contribution is 6.31. The van der Waals surface area contributed by atoms with Crippen molar-refractivity contribution in [2.45, 2.75) is 6.92 Å². The molecule has 0 aliphatic heterocycles. The Bertz CT molecular complexity index is 963. The molecule has 0 N–H and O–H groups in total. The van der Waals surface area contributed by atoms with Gasteiger partial charge < -0.3 is 10.1 Å². The van der Waals surface area contributed by atoms with Gasteiger partial charge in [-0.3, -0.25) is 4.79 Å². The molecule has 3 aromatic rings. The van der Waals surface area contributed by atoms with Gasteiger partial charge in [0.1, 0.15) is 16.9 Å². The van der Waals surface area contributed by atoms with Crippen LogP contribution in [0.4, 0.5) is 0 Å². The molecule has 2 aromatic heterocycles. The number of rotatable bonds is 1. The van der Waals surface area contributed by atoms with Crippen LogP contribution in [0.25, 0.3) is 16.7 Å². The molecule has 0 aliphatic carbocycles. The highest BCUT2D eigenvalue weighted by Crippen LogP contribution is 2.19. The molecule has 0 unspecified atom stereocenters. The second kappa shape index (κ2) is 5.47. The van der Waals surface area contributed by atoms with E-state index in [0.29, 0.717) is 26.7 Å². The molecule has 0 spiro atoms. The summed E-state index contributed by atoms with van der Waals surface area (Å²) < 4.78 is 1.41. The molecule has 0 aliphatic rings. The molecule has 1 amide bonds. The number of amidine groups is 1. The van der Waals surface area contributed by atoms with E-state index in [0.717, 1.165) is 0 Å². The largest absolute Gasteiger partial charge is 0.594 e. The second-order valence-corrected chi connectivity index (χ2v) is 5.59. The Morgan fingerprint density at radius 3 is 2.87 bits per heavy atom. The van der Waals surface area contributed by atoms with Crippen LogP contribution >= 0.6 is 11.6 Å². The summed E-state index contributed by atoms with van der Waals surface area (Å²) in [5.74, 6) is 0.0215. The predicted molar refractivity (Wildman–Crippen MR) is 85.6 cm³/mol. The van der Waals surface area contributed by atoms with Gasteiger partial charge in [-0.15, -0.1) is 0 Å². The van der Waals surface area contributed by atoms with Gasteiger partial charge in [0.2, 0.25) is 5.65 Å². The normalized spacial score (nSPS) is 12.1. The summed E-state index contributed by atoms with van der Waals surface area (Å²) in [7, 11) is 3.56. The van der Waals surface area contributed by atoms with Gasteiger partial charge in [0, 0.05) is 30.3 Å². The monoisotopic (exact) mass is 332 g/mol. The summed E-state index contributed by atoms with van der Waals surface area (Å²) in [5, 5.41) is 20.6. The third-order valence-electron chi connectivity index (χ3n) is 3.44. The first kappa shape index (κ1) is 15.2. The van der Waals surface area contributed by atoms with Crippen LogP contribution in [-0.4, -0.2) is 45.5 Å². The Morgan fingerprint density at radius 2 is 2.17 bits per heavy atom. The molecular formula is C14H13ClN6O2. The first-order valence-electron chi connectivity index (χ1n) is 6.72. The highest BCUT2D eigenvalue weighted by atomic mass is 35.5. The molecule has 0 bridgehead atoms. The lowest BCUT2D eigenvalue weighted by molar-refractivity contribution is -0.640. The fraction of sp³-hybridized carbons (Fsp3) is 0.214. The zero-order chi connectivity index (χ0) is 16.7. The summed E-state index contributed by atoms with van der Waals surface area (Å²) in [6.45, 7) is 1.71. The van der Waals surface area contributed by atoms with Crippen LogP contribution < -0.4 is 4.85 Å². The lowest BCUT2D eigenvalue weighted by Gasteiger charge is -2.09. The summed E-state index contributed by atoms with van der Waals surface area (Å²) >= 11 is 5.98. The van der Waals surface area contributed by atoms with E-state index in [9.17, 15) is 10.0 Å². The minimum atomic E-state index is -0.514. The van der Waals surface area contributed by atoms with Crippen LogP contribution in [0.3, 0.4) is 0 Å². The number of amides is 1. The number of carbonyl (C=O) groups excluding carboxylic acids is 1. The SMILES string of the molecule is CC(=NC(=O)c1cnn2c1n[n+]([O-])c1ccc(Cl)cc12)N(C)C. The molecule has 118 valence electrons. The van der Waals surface area contributed by atoms with E-state index in [1.54, 1.807) is 44.1 Å². The summed E-state index contributed by atoms with van der Waals surface area (Å²) in [4.78, 5) is 18.4. The van der Waals surface area contributed by atoms with Gasteiger partial charge >= 0.3 is 0 Å². The van der Waals surface area contributed by atoms with E-state index in [-0.39, 0.29) is 11.2 Å². The maximum absolute atomic E-state index is 12.3. The van der Waals surface area contributed by atoms with Crippen LogP contribution in [0.5, 0.6) is 0 Å². The van der Waals surface area contributed by atoms with Crippen molar-refractivity contribution in [1.29, 1.82) is 0 Å². The van der Waals surface area contributed by atoms with Gasteiger partial charge in [-0.2, -0.15) is 10.1 Å². The molecule has 8 nitrogen and oxygen atoms in total. The molecule has 0 atom stereocenters. The van der Waals surface area contributed by atoms with Crippen molar-refractivity contribution in [2.24, 2.45) is 4.99 Å². The molecule has 0 radical (unpaired) electrons. The molecule has 0 saturated carbocycles. The average molecular weight is 333 g/mol. The topological polar surface area (TPSA) is 89.8 Å². The number of benzene rings is 1. The van der Waals surface area contributed by atoms with E-state index in [4.69, 9.17) is 11.6 Å². The fourth-order valence-electron chi connectivity index (χ4n) is 2.04. The molecule has 0 fully saturated rings. The minimum absolute atomic E-state index is 0.134.